The van der Waals surface area contributed by atoms with Gasteiger partial charge in [-0.3, -0.25) is 0 Å². The van der Waals surface area contributed by atoms with Crippen LogP contribution in [0.25, 0.3) is 10.9 Å². The van der Waals surface area contributed by atoms with E-state index >= 15 is 0 Å². The van der Waals surface area contributed by atoms with Crippen LogP contribution in [0, 0.1) is 5.82 Å². The Balaban J connectivity index is 2.54. The third kappa shape index (κ3) is 3.43. The van der Waals surface area contributed by atoms with Crippen LogP contribution in [-0.2, 0) is 0 Å². The highest BCUT2D eigenvalue weighted by atomic mass is 19.1. The summed E-state index contributed by atoms with van der Waals surface area (Å²) >= 11 is 0. The van der Waals surface area contributed by atoms with Gasteiger partial charge in [-0.1, -0.05) is 20.8 Å². The third-order valence-electron chi connectivity index (χ3n) is 3.36. The molecule has 0 aliphatic carbocycles. The van der Waals surface area contributed by atoms with E-state index in [0.717, 1.165) is 29.7 Å². The zero-order chi connectivity index (χ0) is 15.4. The van der Waals surface area contributed by atoms with Gasteiger partial charge in [-0.05, 0) is 37.0 Å². The highest BCUT2D eigenvalue weighted by Crippen LogP contribution is 2.30. The zero-order valence-corrected chi connectivity index (χ0v) is 13.2. The Labute approximate surface area is 125 Å². The number of anilines is 1. The summed E-state index contributed by atoms with van der Waals surface area (Å²) in [5.41, 5.74) is 1.80. The van der Waals surface area contributed by atoms with Crippen molar-refractivity contribution in [1.82, 2.24) is 4.98 Å². The second-order valence-corrected chi connectivity index (χ2v) is 5.42. The first-order chi connectivity index (χ1) is 10.1. The van der Waals surface area contributed by atoms with Crippen LogP contribution >= 0.6 is 0 Å². The quantitative estimate of drug-likeness (QED) is 0.836. The Hall–Kier alpha value is -1.84. The predicted octanol–water partition coefficient (Wildman–Crippen LogP) is 4.72. The van der Waals surface area contributed by atoms with Gasteiger partial charge < -0.3 is 10.1 Å². The van der Waals surface area contributed by atoms with Crippen LogP contribution in [0.1, 0.15) is 45.6 Å². The lowest BCUT2D eigenvalue weighted by molar-refractivity contribution is 0.322. The van der Waals surface area contributed by atoms with Gasteiger partial charge in [0.15, 0.2) is 11.6 Å². The molecule has 2 rings (SSSR count). The molecule has 0 aliphatic rings. The maximum atomic E-state index is 14.0. The van der Waals surface area contributed by atoms with E-state index in [2.05, 4.69) is 37.1 Å². The molecule has 0 spiro atoms. The van der Waals surface area contributed by atoms with E-state index in [0.29, 0.717) is 18.0 Å². The second-order valence-electron chi connectivity index (χ2n) is 5.42. The first-order valence-corrected chi connectivity index (χ1v) is 7.57. The van der Waals surface area contributed by atoms with Crippen molar-refractivity contribution in [3.63, 3.8) is 0 Å². The molecule has 3 nitrogen and oxygen atoms in total. The summed E-state index contributed by atoms with van der Waals surface area (Å²) in [6.07, 6.45) is 1.02. The number of hydrogen-bond acceptors (Lipinski definition) is 3. The molecule has 0 saturated carbocycles. The summed E-state index contributed by atoms with van der Waals surface area (Å²) in [4.78, 5) is 4.59. The van der Waals surface area contributed by atoms with Crippen LogP contribution in [0.15, 0.2) is 18.2 Å². The molecule has 1 N–H and O–H groups in total. The Bertz CT molecular complexity index is 626. The molecule has 0 unspecified atom stereocenters. The maximum Gasteiger partial charge on any atom is 0.167 e. The Morgan fingerprint density at radius 3 is 2.62 bits per heavy atom. The summed E-state index contributed by atoms with van der Waals surface area (Å²) in [5, 5.41) is 4.24. The van der Waals surface area contributed by atoms with Gasteiger partial charge in [0.2, 0.25) is 0 Å². The number of hydrogen-bond donors (Lipinski definition) is 1. The van der Waals surface area contributed by atoms with Gasteiger partial charge in [0.05, 0.1) is 12.1 Å². The van der Waals surface area contributed by atoms with E-state index in [1.165, 1.54) is 6.07 Å². The third-order valence-corrected chi connectivity index (χ3v) is 3.36. The number of nitrogens with zero attached hydrogens (tertiary/aromatic N) is 1. The molecule has 114 valence electrons. The molecule has 0 aliphatic heterocycles. The molecule has 2 aromatic rings. The van der Waals surface area contributed by atoms with Crippen LogP contribution in [-0.4, -0.2) is 18.1 Å². The molecular weight excluding hydrogens is 267 g/mol. The highest BCUT2D eigenvalue weighted by molar-refractivity contribution is 5.83. The van der Waals surface area contributed by atoms with Crippen LogP contribution in [0.4, 0.5) is 10.2 Å². The largest absolute Gasteiger partial charge is 0.491 e. The van der Waals surface area contributed by atoms with E-state index in [1.807, 2.05) is 6.92 Å². The van der Waals surface area contributed by atoms with Crippen molar-refractivity contribution in [2.45, 2.75) is 40.0 Å². The monoisotopic (exact) mass is 290 g/mol. The Morgan fingerprint density at radius 1 is 1.24 bits per heavy atom. The fraction of sp³-hybridized carbons (Fsp3) is 0.471. The summed E-state index contributed by atoms with van der Waals surface area (Å²) in [5.74, 6) is 1.12. The maximum absolute atomic E-state index is 14.0. The molecule has 0 bridgehead atoms. The standard InChI is InChI=1S/C17H23FN2O/c1-5-7-19-17-13(11(3)4)8-12-9-16(21-6-2)14(18)10-15(12)20-17/h8-11H,5-7H2,1-4H3,(H,19,20). The van der Waals surface area contributed by atoms with Gasteiger partial charge in [-0.15, -0.1) is 0 Å². The predicted molar refractivity (Wildman–Crippen MR) is 85.7 cm³/mol. The molecule has 0 fully saturated rings. The fourth-order valence-electron chi connectivity index (χ4n) is 2.28. The van der Waals surface area contributed by atoms with Gasteiger partial charge in [-0.25, -0.2) is 9.37 Å². The Morgan fingerprint density at radius 2 is 2.00 bits per heavy atom. The first kappa shape index (κ1) is 15.5. The smallest absolute Gasteiger partial charge is 0.167 e. The van der Waals surface area contributed by atoms with Crippen LogP contribution in [0.2, 0.25) is 0 Å². The van der Waals surface area contributed by atoms with Crippen molar-refractivity contribution >= 4 is 16.7 Å². The van der Waals surface area contributed by atoms with Crippen molar-refractivity contribution in [1.29, 1.82) is 0 Å². The lowest BCUT2D eigenvalue weighted by Gasteiger charge is -2.15. The molecule has 1 heterocycles. The van der Waals surface area contributed by atoms with Gasteiger partial charge in [0, 0.05) is 18.0 Å². The van der Waals surface area contributed by atoms with E-state index in [-0.39, 0.29) is 11.6 Å². The molecule has 0 radical (unpaired) electrons. The summed E-state index contributed by atoms with van der Waals surface area (Å²) in [6.45, 7) is 9.52. The van der Waals surface area contributed by atoms with E-state index < -0.39 is 0 Å². The minimum absolute atomic E-state index is 0.288. The number of nitrogens with one attached hydrogen (secondary N) is 1. The number of benzene rings is 1. The van der Waals surface area contributed by atoms with Crippen molar-refractivity contribution in [2.24, 2.45) is 0 Å². The molecule has 21 heavy (non-hydrogen) atoms. The van der Waals surface area contributed by atoms with Crippen molar-refractivity contribution in [3.8, 4) is 5.75 Å². The summed E-state index contributed by atoms with van der Waals surface area (Å²) in [7, 11) is 0. The number of rotatable bonds is 6. The SMILES string of the molecule is CCCNc1nc2cc(F)c(OCC)cc2cc1C(C)C. The molecule has 4 heteroatoms. The number of fused-ring (bicyclic) bond motifs is 1. The normalized spacial score (nSPS) is 11.1. The minimum atomic E-state index is -0.365. The van der Waals surface area contributed by atoms with Gasteiger partial charge in [0.25, 0.3) is 0 Å². The number of pyridine rings is 1. The van der Waals surface area contributed by atoms with Gasteiger partial charge >= 0.3 is 0 Å². The fourth-order valence-corrected chi connectivity index (χ4v) is 2.28. The van der Waals surface area contributed by atoms with Crippen LogP contribution in [0.5, 0.6) is 5.75 Å². The van der Waals surface area contributed by atoms with Crippen molar-refractivity contribution in [3.05, 3.63) is 29.6 Å². The summed E-state index contributed by atoms with van der Waals surface area (Å²) in [6, 6.07) is 5.26. The first-order valence-electron chi connectivity index (χ1n) is 7.57. The topological polar surface area (TPSA) is 34.2 Å². The van der Waals surface area contributed by atoms with Gasteiger partial charge in [0.1, 0.15) is 5.82 Å². The zero-order valence-electron chi connectivity index (χ0n) is 13.2. The number of ether oxygens (including phenoxy) is 1. The minimum Gasteiger partial charge on any atom is -0.491 e. The lowest BCUT2D eigenvalue weighted by Crippen LogP contribution is -2.07. The van der Waals surface area contributed by atoms with E-state index in [4.69, 9.17) is 4.74 Å². The molecule has 0 atom stereocenters. The Kier molecular flexibility index (Phi) is 4.99. The average Bonchev–Trinajstić information content (AvgIpc) is 2.45. The van der Waals surface area contributed by atoms with Crippen molar-refractivity contribution < 1.29 is 9.13 Å². The van der Waals surface area contributed by atoms with Crippen LogP contribution < -0.4 is 10.1 Å². The molecule has 1 aromatic carbocycles. The van der Waals surface area contributed by atoms with E-state index in [9.17, 15) is 4.39 Å². The van der Waals surface area contributed by atoms with Crippen LogP contribution in [0.3, 0.4) is 0 Å². The van der Waals surface area contributed by atoms with Crippen molar-refractivity contribution in [2.75, 3.05) is 18.5 Å². The molecule has 0 amide bonds. The summed E-state index contributed by atoms with van der Waals surface area (Å²) < 4.78 is 19.3. The molecule has 0 saturated heterocycles. The number of halogens is 1. The highest BCUT2D eigenvalue weighted by Gasteiger charge is 2.13. The van der Waals surface area contributed by atoms with Gasteiger partial charge in [-0.2, -0.15) is 0 Å². The van der Waals surface area contributed by atoms with E-state index in [1.54, 1.807) is 6.07 Å². The second kappa shape index (κ2) is 6.74. The lowest BCUT2D eigenvalue weighted by atomic mass is 10.0. The average molecular weight is 290 g/mol. The molecular formula is C17H23FN2O. The number of aromatic nitrogens is 1. The molecule has 1 aromatic heterocycles.